The monoisotopic (exact) mass is 418 g/mol. The number of anilines is 1. The van der Waals surface area contributed by atoms with E-state index in [1.54, 1.807) is 18.2 Å². The SMILES string of the molecule is O=C(O)c1ccc(Br)c(NC(=S)NC(=O)c2cc3ccccc3o2)c1. The predicted molar refractivity (Wildman–Crippen MR) is 101 cm³/mol. The average Bonchev–Trinajstić information content (AvgIpc) is 3.01. The Hall–Kier alpha value is -2.71. The van der Waals surface area contributed by atoms with Crippen molar-refractivity contribution in [1.29, 1.82) is 0 Å². The number of furan rings is 1. The summed E-state index contributed by atoms with van der Waals surface area (Å²) in [6, 6.07) is 13.3. The van der Waals surface area contributed by atoms with Crippen molar-refractivity contribution >= 4 is 61.8 Å². The Morgan fingerprint density at radius 3 is 2.60 bits per heavy atom. The van der Waals surface area contributed by atoms with Gasteiger partial charge in [0.05, 0.1) is 11.3 Å². The van der Waals surface area contributed by atoms with Crippen LogP contribution in [0, 0.1) is 0 Å². The number of thiocarbonyl (C=S) groups is 1. The highest BCUT2D eigenvalue weighted by atomic mass is 79.9. The molecule has 2 aromatic carbocycles. The number of halogens is 1. The quantitative estimate of drug-likeness (QED) is 0.556. The lowest BCUT2D eigenvalue weighted by molar-refractivity contribution is 0.0696. The highest BCUT2D eigenvalue weighted by molar-refractivity contribution is 9.10. The Labute approximate surface area is 156 Å². The van der Waals surface area contributed by atoms with Gasteiger partial charge in [-0.1, -0.05) is 18.2 Å². The van der Waals surface area contributed by atoms with Crippen LogP contribution in [0.1, 0.15) is 20.9 Å². The standard InChI is InChI=1S/C17H11BrN2O4S/c18-11-6-5-10(16(22)23)7-12(11)19-17(25)20-15(21)14-8-9-3-1-2-4-13(9)24-14/h1-8H,(H,22,23)(H2,19,20,21,25). The molecule has 126 valence electrons. The third-order valence-corrected chi connectivity index (χ3v) is 4.23. The maximum Gasteiger partial charge on any atom is 0.335 e. The molecule has 3 N–H and O–H groups in total. The molecule has 0 unspecified atom stereocenters. The summed E-state index contributed by atoms with van der Waals surface area (Å²) in [5.41, 5.74) is 1.12. The number of amides is 1. The fourth-order valence-corrected chi connectivity index (χ4v) is 2.71. The first-order valence-corrected chi connectivity index (χ1v) is 8.28. The molecule has 0 aliphatic carbocycles. The molecule has 0 atom stereocenters. The van der Waals surface area contributed by atoms with Gasteiger partial charge in [-0.3, -0.25) is 10.1 Å². The normalized spacial score (nSPS) is 10.4. The van der Waals surface area contributed by atoms with Gasteiger partial charge in [-0.2, -0.15) is 0 Å². The average molecular weight is 419 g/mol. The second-order valence-electron chi connectivity index (χ2n) is 5.06. The van der Waals surface area contributed by atoms with Crippen LogP contribution in [-0.2, 0) is 0 Å². The molecular formula is C17H11BrN2O4S. The third kappa shape index (κ3) is 3.86. The largest absolute Gasteiger partial charge is 0.478 e. The molecule has 3 rings (SSSR count). The first kappa shape index (κ1) is 17.1. The zero-order valence-corrected chi connectivity index (χ0v) is 15.0. The van der Waals surface area contributed by atoms with Crippen LogP contribution in [0.4, 0.5) is 5.69 Å². The molecule has 0 spiro atoms. The van der Waals surface area contributed by atoms with Gasteiger partial charge in [0, 0.05) is 9.86 Å². The molecule has 0 radical (unpaired) electrons. The number of hydrogen-bond acceptors (Lipinski definition) is 4. The molecule has 0 aliphatic heterocycles. The lowest BCUT2D eigenvalue weighted by Gasteiger charge is -2.11. The van der Waals surface area contributed by atoms with E-state index in [-0.39, 0.29) is 16.4 Å². The first-order chi connectivity index (χ1) is 11.9. The molecule has 1 aromatic heterocycles. The molecule has 25 heavy (non-hydrogen) atoms. The minimum absolute atomic E-state index is 0.0219. The van der Waals surface area contributed by atoms with Crippen molar-refractivity contribution in [1.82, 2.24) is 5.32 Å². The number of aromatic carboxylic acids is 1. The number of carboxylic acids is 1. The third-order valence-electron chi connectivity index (χ3n) is 3.34. The fourth-order valence-electron chi connectivity index (χ4n) is 2.17. The van der Waals surface area contributed by atoms with Crippen molar-refractivity contribution in [3.63, 3.8) is 0 Å². The maximum absolute atomic E-state index is 12.2. The smallest absolute Gasteiger partial charge is 0.335 e. The summed E-state index contributed by atoms with van der Waals surface area (Å²) in [5.74, 6) is -1.43. The second-order valence-corrected chi connectivity index (χ2v) is 6.32. The van der Waals surface area contributed by atoms with Crippen molar-refractivity contribution < 1.29 is 19.1 Å². The van der Waals surface area contributed by atoms with E-state index >= 15 is 0 Å². The molecule has 0 aliphatic rings. The van der Waals surface area contributed by atoms with Crippen molar-refractivity contribution in [2.45, 2.75) is 0 Å². The minimum atomic E-state index is -1.06. The molecule has 8 heteroatoms. The van der Waals surface area contributed by atoms with Gasteiger partial charge < -0.3 is 14.8 Å². The van der Waals surface area contributed by atoms with Gasteiger partial charge in [0.2, 0.25) is 0 Å². The van der Waals surface area contributed by atoms with E-state index in [0.29, 0.717) is 15.7 Å². The Kier molecular flexibility index (Phi) is 4.82. The summed E-state index contributed by atoms with van der Waals surface area (Å²) in [4.78, 5) is 23.3. The van der Waals surface area contributed by atoms with Gasteiger partial charge in [0.1, 0.15) is 5.58 Å². The molecule has 6 nitrogen and oxygen atoms in total. The molecule has 0 saturated carbocycles. The Morgan fingerprint density at radius 1 is 1.12 bits per heavy atom. The lowest BCUT2D eigenvalue weighted by Crippen LogP contribution is -2.34. The van der Waals surface area contributed by atoms with Gasteiger partial charge in [-0.25, -0.2) is 4.79 Å². The van der Waals surface area contributed by atoms with Gasteiger partial charge in [-0.15, -0.1) is 0 Å². The molecule has 0 bridgehead atoms. The Morgan fingerprint density at radius 2 is 1.88 bits per heavy atom. The van der Waals surface area contributed by atoms with Crippen molar-refractivity contribution in [2.75, 3.05) is 5.32 Å². The number of carbonyl (C=O) groups is 2. The Bertz CT molecular complexity index is 966. The van der Waals surface area contributed by atoms with E-state index in [4.69, 9.17) is 21.7 Å². The van der Waals surface area contributed by atoms with E-state index in [2.05, 4.69) is 26.6 Å². The number of hydrogen-bond donors (Lipinski definition) is 3. The van der Waals surface area contributed by atoms with Crippen LogP contribution in [0.15, 0.2) is 57.4 Å². The van der Waals surface area contributed by atoms with Crippen molar-refractivity contribution in [3.8, 4) is 0 Å². The van der Waals surface area contributed by atoms with E-state index in [1.807, 2.05) is 18.2 Å². The highest BCUT2D eigenvalue weighted by Gasteiger charge is 2.14. The summed E-state index contributed by atoms with van der Waals surface area (Å²) in [5, 5.41) is 15.2. The molecule has 0 fully saturated rings. The molecule has 3 aromatic rings. The van der Waals surface area contributed by atoms with Crippen LogP contribution in [0.3, 0.4) is 0 Å². The van der Waals surface area contributed by atoms with E-state index in [0.717, 1.165) is 5.39 Å². The van der Waals surface area contributed by atoms with Crippen molar-refractivity contribution in [3.05, 3.63) is 64.3 Å². The molecular weight excluding hydrogens is 408 g/mol. The van der Waals surface area contributed by atoms with Gasteiger partial charge >= 0.3 is 5.97 Å². The van der Waals surface area contributed by atoms with Gasteiger partial charge in [0.15, 0.2) is 10.9 Å². The zero-order valence-electron chi connectivity index (χ0n) is 12.6. The summed E-state index contributed by atoms with van der Waals surface area (Å²) in [7, 11) is 0. The second kappa shape index (κ2) is 7.04. The molecule has 1 amide bonds. The number of para-hydroxylation sites is 1. The summed E-state index contributed by atoms with van der Waals surface area (Å²) in [6.45, 7) is 0. The van der Waals surface area contributed by atoms with Crippen LogP contribution >= 0.6 is 28.1 Å². The lowest BCUT2D eigenvalue weighted by atomic mass is 10.2. The zero-order chi connectivity index (χ0) is 18.0. The number of rotatable bonds is 3. The predicted octanol–water partition coefficient (Wildman–Crippen LogP) is 4.02. The summed E-state index contributed by atoms with van der Waals surface area (Å²) < 4.78 is 6.08. The van der Waals surface area contributed by atoms with E-state index < -0.39 is 11.9 Å². The van der Waals surface area contributed by atoms with Crippen LogP contribution in [-0.4, -0.2) is 22.1 Å². The number of nitrogens with one attached hydrogen (secondary N) is 2. The van der Waals surface area contributed by atoms with Gasteiger partial charge in [0.25, 0.3) is 5.91 Å². The number of carbonyl (C=O) groups excluding carboxylic acids is 1. The number of benzene rings is 2. The molecule has 0 saturated heterocycles. The highest BCUT2D eigenvalue weighted by Crippen LogP contribution is 2.24. The number of carboxylic acid groups (broad SMARTS) is 1. The minimum Gasteiger partial charge on any atom is -0.478 e. The number of fused-ring (bicyclic) bond motifs is 1. The van der Waals surface area contributed by atoms with Gasteiger partial charge in [-0.05, 0) is 58.5 Å². The first-order valence-electron chi connectivity index (χ1n) is 7.08. The van der Waals surface area contributed by atoms with Crippen LogP contribution in [0.25, 0.3) is 11.0 Å². The summed E-state index contributed by atoms with van der Waals surface area (Å²) in [6.07, 6.45) is 0. The molecule has 1 heterocycles. The van der Waals surface area contributed by atoms with Crippen LogP contribution in [0.2, 0.25) is 0 Å². The van der Waals surface area contributed by atoms with Crippen LogP contribution in [0.5, 0.6) is 0 Å². The topological polar surface area (TPSA) is 91.6 Å². The fraction of sp³-hybridized carbons (Fsp3) is 0. The van der Waals surface area contributed by atoms with Crippen LogP contribution < -0.4 is 10.6 Å². The Balaban J connectivity index is 1.73. The summed E-state index contributed by atoms with van der Waals surface area (Å²) >= 11 is 8.40. The van der Waals surface area contributed by atoms with E-state index in [1.165, 1.54) is 12.1 Å². The maximum atomic E-state index is 12.2. The van der Waals surface area contributed by atoms with Crippen molar-refractivity contribution in [2.24, 2.45) is 0 Å². The van der Waals surface area contributed by atoms with E-state index in [9.17, 15) is 9.59 Å².